The van der Waals surface area contributed by atoms with Gasteiger partial charge in [0.05, 0.1) is 0 Å². The standard InChI is InChI=1S/C11H16FNS/c1-2-3-7-14-8-9-10(12)5-4-6-11(9)13/h4-6H,2-3,7-8,13H2,1H3. The van der Waals surface area contributed by atoms with Gasteiger partial charge in [-0.25, -0.2) is 4.39 Å². The fourth-order valence-corrected chi connectivity index (χ4v) is 2.29. The van der Waals surface area contributed by atoms with Crippen molar-refractivity contribution in [1.29, 1.82) is 0 Å². The molecule has 14 heavy (non-hydrogen) atoms. The van der Waals surface area contributed by atoms with Crippen LogP contribution in [0.1, 0.15) is 25.3 Å². The van der Waals surface area contributed by atoms with Gasteiger partial charge in [-0.15, -0.1) is 0 Å². The Balaban J connectivity index is 2.49. The van der Waals surface area contributed by atoms with Crippen LogP contribution in [-0.4, -0.2) is 5.75 Å². The minimum Gasteiger partial charge on any atom is -0.398 e. The molecule has 0 radical (unpaired) electrons. The van der Waals surface area contributed by atoms with E-state index < -0.39 is 0 Å². The van der Waals surface area contributed by atoms with E-state index >= 15 is 0 Å². The number of thioether (sulfide) groups is 1. The normalized spacial score (nSPS) is 10.4. The Hall–Kier alpha value is -0.700. The number of nitrogen functional groups attached to an aromatic ring is 1. The maximum Gasteiger partial charge on any atom is 0.129 e. The Morgan fingerprint density at radius 1 is 1.43 bits per heavy atom. The minimum absolute atomic E-state index is 0.186. The molecule has 0 aliphatic heterocycles. The number of anilines is 1. The molecule has 0 heterocycles. The number of nitrogens with two attached hydrogens (primary N) is 1. The Morgan fingerprint density at radius 3 is 2.86 bits per heavy atom. The summed E-state index contributed by atoms with van der Waals surface area (Å²) in [5, 5.41) is 0. The highest BCUT2D eigenvalue weighted by Gasteiger charge is 2.04. The Labute approximate surface area is 88.9 Å². The average Bonchev–Trinajstić information content (AvgIpc) is 2.16. The zero-order valence-corrected chi connectivity index (χ0v) is 9.24. The van der Waals surface area contributed by atoms with Crippen molar-refractivity contribution >= 4 is 17.4 Å². The molecule has 1 aromatic rings. The topological polar surface area (TPSA) is 26.0 Å². The van der Waals surface area contributed by atoms with E-state index in [1.807, 2.05) is 0 Å². The summed E-state index contributed by atoms with van der Waals surface area (Å²) in [5.74, 6) is 1.57. The van der Waals surface area contributed by atoms with Crippen molar-refractivity contribution in [3.63, 3.8) is 0 Å². The van der Waals surface area contributed by atoms with Gasteiger partial charge in [-0.2, -0.15) is 11.8 Å². The monoisotopic (exact) mass is 213 g/mol. The summed E-state index contributed by atoms with van der Waals surface area (Å²) in [6.45, 7) is 2.15. The van der Waals surface area contributed by atoms with Gasteiger partial charge in [-0.3, -0.25) is 0 Å². The second-order valence-electron chi connectivity index (χ2n) is 3.21. The lowest BCUT2D eigenvalue weighted by Gasteiger charge is -2.06. The van der Waals surface area contributed by atoms with Gasteiger partial charge in [-0.05, 0) is 24.3 Å². The first-order valence-corrected chi connectivity index (χ1v) is 6.01. The predicted octanol–water partition coefficient (Wildman–Crippen LogP) is 3.44. The third-order valence-electron chi connectivity index (χ3n) is 2.04. The summed E-state index contributed by atoms with van der Waals surface area (Å²) in [6, 6.07) is 4.86. The molecule has 0 aliphatic rings. The van der Waals surface area contributed by atoms with Crippen molar-refractivity contribution in [2.45, 2.75) is 25.5 Å². The van der Waals surface area contributed by atoms with Crippen molar-refractivity contribution in [2.24, 2.45) is 0 Å². The number of halogens is 1. The second kappa shape index (κ2) is 5.91. The molecule has 0 bridgehead atoms. The third kappa shape index (κ3) is 3.22. The van der Waals surface area contributed by atoms with E-state index in [9.17, 15) is 4.39 Å². The fraction of sp³-hybridized carbons (Fsp3) is 0.455. The van der Waals surface area contributed by atoms with E-state index in [1.165, 1.54) is 18.9 Å². The van der Waals surface area contributed by atoms with E-state index in [2.05, 4.69) is 6.92 Å². The Morgan fingerprint density at radius 2 is 2.21 bits per heavy atom. The van der Waals surface area contributed by atoms with Gasteiger partial charge in [0, 0.05) is 17.0 Å². The van der Waals surface area contributed by atoms with Crippen LogP contribution in [0.2, 0.25) is 0 Å². The number of hydrogen-bond acceptors (Lipinski definition) is 2. The number of unbranched alkanes of at least 4 members (excludes halogenated alkanes) is 1. The second-order valence-corrected chi connectivity index (χ2v) is 4.32. The van der Waals surface area contributed by atoms with Gasteiger partial charge >= 0.3 is 0 Å². The molecule has 2 N–H and O–H groups in total. The van der Waals surface area contributed by atoms with Crippen LogP contribution in [-0.2, 0) is 5.75 Å². The van der Waals surface area contributed by atoms with Gasteiger partial charge in [0.15, 0.2) is 0 Å². The summed E-state index contributed by atoms with van der Waals surface area (Å²) in [6.07, 6.45) is 2.36. The zero-order chi connectivity index (χ0) is 10.4. The van der Waals surface area contributed by atoms with Crippen LogP contribution in [0.3, 0.4) is 0 Å². The lowest BCUT2D eigenvalue weighted by Crippen LogP contribution is -1.96. The maximum atomic E-state index is 13.3. The molecule has 0 unspecified atom stereocenters. The van der Waals surface area contributed by atoms with Crippen molar-refractivity contribution in [3.8, 4) is 0 Å². The maximum absolute atomic E-state index is 13.3. The smallest absolute Gasteiger partial charge is 0.129 e. The first-order chi connectivity index (χ1) is 6.75. The molecular formula is C11H16FNS. The van der Waals surface area contributed by atoms with Crippen LogP contribution in [0.4, 0.5) is 10.1 Å². The van der Waals surface area contributed by atoms with Crippen molar-refractivity contribution in [3.05, 3.63) is 29.6 Å². The molecule has 1 rings (SSSR count). The van der Waals surface area contributed by atoms with Gasteiger partial charge in [-0.1, -0.05) is 19.4 Å². The largest absolute Gasteiger partial charge is 0.398 e. The van der Waals surface area contributed by atoms with Gasteiger partial charge in [0.1, 0.15) is 5.82 Å². The molecular weight excluding hydrogens is 197 g/mol. The Kier molecular flexibility index (Phi) is 4.80. The first kappa shape index (κ1) is 11.4. The highest BCUT2D eigenvalue weighted by Crippen LogP contribution is 2.22. The highest BCUT2D eigenvalue weighted by atomic mass is 32.2. The third-order valence-corrected chi connectivity index (χ3v) is 3.11. The fourth-order valence-electron chi connectivity index (χ4n) is 1.15. The quantitative estimate of drug-likeness (QED) is 0.599. The van der Waals surface area contributed by atoms with E-state index in [4.69, 9.17) is 5.73 Å². The van der Waals surface area contributed by atoms with Crippen molar-refractivity contribution in [2.75, 3.05) is 11.5 Å². The minimum atomic E-state index is -0.186. The van der Waals surface area contributed by atoms with Crippen molar-refractivity contribution < 1.29 is 4.39 Å². The van der Waals surface area contributed by atoms with Crippen LogP contribution >= 0.6 is 11.8 Å². The van der Waals surface area contributed by atoms with Gasteiger partial charge in [0.2, 0.25) is 0 Å². The zero-order valence-electron chi connectivity index (χ0n) is 8.42. The van der Waals surface area contributed by atoms with Crippen LogP contribution in [0, 0.1) is 5.82 Å². The summed E-state index contributed by atoms with van der Waals surface area (Å²) in [7, 11) is 0. The molecule has 0 spiro atoms. The summed E-state index contributed by atoms with van der Waals surface area (Å²) in [4.78, 5) is 0. The lowest BCUT2D eigenvalue weighted by molar-refractivity contribution is 0.618. The number of rotatable bonds is 5. The summed E-state index contributed by atoms with van der Waals surface area (Å²) < 4.78 is 13.3. The molecule has 0 saturated heterocycles. The van der Waals surface area contributed by atoms with Crippen LogP contribution in [0.15, 0.2) is 18.2 Å². The first-order valence-electron chi connectivity index (χ1n) is 4.86. The van der Waals surface area contributed by atoms with E-state index in [0.29, 0.717) is 17.0 Å². The van der Waals surface area contributed by atoms with E-state index in [0.717, 1.165) is 5.75 Å². The van der Waals surface area contributed by atoms with Crippen LogP contribution in [0.25, 0.3) is 0 Å². The Bertz CT molecular complexity index is 268. The lowest BCUT2D eigenvalue weighted by atomic mass is 10.2. The summed E-state index contributed by atoms with van der Waals surface area (Å²) in [5.41, 5.74) is 6.89. The molecule has 0 aromatic heterocycles. The number of hydrogen-bond donors (Lipinski definition) is 1. The van der Waals surface area contributed by atoms with Gasteiger partial charge < -0.3 is 5.73 Å². The highest BCUT2D eigenvalue weighted by molar-refractivity contribution is 7.98. The molecule has 1 nitrogen and oxygen atoms in total. The molecule has 0 aliphatic carbocycles. The van der Waals surface area contributed by atoms with Crippen LogP contribution in [0.5, 0.6) is 0 Å². The SMILES string of the molecule is CCCCSCc1c(N)cccc1F. The molecule has 0 amide bonds. The molecule has 3 heteroatoms. The molecule has 0 saturated carbocycles. The van der Waals surface area contributed by atoms with E-state index in [-0.39, 0.29) is 5.82 Å². The van der Waals surface area contributed by atoms with Crippen molar-refractivity contribution in [1.82, 2.24) is 0 Å². The summed E-state index contributed by atoms with van der Waals surface area (Å²) >= 11 is 1.74. The average molecular weight is 213 g/mol. The van der Waals surface area contributed by atoms with Crippen LogP contribution < -0.4 is 5.73 Å². The molecule has 78 valence electrons. The molecule has 0 atom stereocenters. The molecule has 1 aromatic carbocycles. The number of benzene rings is 1. The van der Waals surface area contributed by atoms with Gasteiger partial charge in [0.25, 0.3) is 0 Å². The van der Waals surface area contributed by atoms with E-state index in [1.54, 1.807) is 23.9 Å². The predicted molar refractivity (Wildman–Crippen MR) is 61.9 cm³/mol. The molecule has 0 fully saturated rings.